The van der Waals surface area contributed by atoms with Crippen LogP contribution in [0.5, 0.6) is 11.5 Å². The zero-order valence-corrected chi connectivity index (χ0v) is 11.1. The number of hydrogen-bond donors (Lipinski definition) is 1. The van der Waals surface area contributed by atoms with E-state index in [1.165, 1.54) is 0 Å². The first-order valence-electron chi connectivity index (χ1n) is 5.33. The highest BCUT2D eigenvalue weighted by Gasteiger charge is 2.00. The maximum absolute atomic E-state index is 8.94. The van der Waals surface area contributed by atoms with Crippen molar-refractivity contribution in [3.05, 3.63) is 58.1 Å². The first-order chi connectivity index (χ1) is 8.19. The van der Waals surface area contributed by atoms with Crippen LogP contribution in [0.3, 0.4) is 0 Å². The van der Waals surface area contributed by atoms with Gasteiger partial charge in [-0.3, -0.25) is 0 Å². The van der Waals surface area contributed by atoms with Crippen molar-refractivity contribution in [1.29, 1.82) is 0 Å². The van der Waals surface area contributed by atoms with E-state index in [1.807, 2.05) is 49.4 Å². The third-order valence-corrected chi connectivity index (χ3v) is 3.36. The summed E-state index contributed by atoms with van der Waals surface area (Å²) < 4.78 is 6.78. The number of hydrogen-bond acceptors (Lipinski definition) is 2. The van der Waals surface area contributed by atoms with E-state index in [2.05, 4.69) is 15.9 Å². The molecule has 0 aromatic heterocycles. The van der Waals surface area contributed by atoms with Crippen molar-refractivity contribution in [1.82, 2.24) is 0 Å². The molecule has 2 aromatic carbocycles. The molecular weight excluding hydrogens is 280 g/mol. The maximum Gasteiger partial charge on any atom is 0.127 e. The molecule has 0 saturated heterocycles. The molecule has 2 rings (SSSR count). The first-order valence-corrected chi connectivity index (χ1v) is 6.12. The summed E-state index contributed by atoms with van der Waals surface area (Å²) in [6, 6.07) is 13.3. The van der Waals surface area contributed by atoms with Crippen LogP contribution in [0.2, 0.25) is 0 Å². The van der Waals surface area contributed by atoms with Crippen LogP contribution < -0.4 is 4.74 Å². The first kappa shape index (κ1) is 12.1. The van der Waals surface area contributed by atoms with E-state index >= 15 is 0 Å². The molecule has 0 atom stereocenters. The molecule has 0 bridgehead atoms. The van der Waals surface area contributed by atoms with Gasteiger partial charge in [-0.1, -0.05) is 28.1 Å². The Bertz CT molecular complexity index is 506. The minimum Gasteiger partial charge on any atom is -0.457 e. The second kappa shape index (κ2) is 5.34. The van der Waals surface area contributed by atoms with Gasteiger partial charge in [0.25, 0.3) is 0 Å². The zero-order valence-electron chi connectivity index (χ0n) is 9.48. The fourth-order valence-electron chi connectivity index (χ4n) is 1.48. The minimum atomic E-state index is 0.0532. The molecule has 0 heterocycles. The molecule has 0 spiro atoms. The standard InChI is InChI=1S/C14H13BrO2/c1-10-8-13(6-7-14(10)15)17-12-4-2-11(9-16)3-5-12/h2-8,16H,9H2,1H3. The Hall–Kier alpha value is -1.32. The SMILES string of the molecule is Cc1cc(Oc2ccc(CO)cc2)ccc1Br. The summed E-state index contributed by atoms with van der Waals surface area (Å²) >= 11 is 3.45. The number of benzene rings is 2. The average molecular weight is 293 g/mol. The monoisotopic (exact) mass is 292 g/mol. The molecule has 2 aromatic rings. The number of aliphatic hydroxyl groups excluding tert-OH is 1. The van der Waals surface area contributed by atoms with Gasteiger partial charge in [0.1, 0.15) is 11.5 Å². The van der Waals surface area contributed by atoms with Gasteiger partial charge in [-0.05, 0) is 48.4 Å². The van der Waals surface area contributed by atoms with Gasteiger partial charge in [0, 0.05) is 4.47 Å². The van der Waals surface area contributed by atoms with Crippen LogP contribution in [-0.2, 0) is 6.61 Å². The van der Waals surface area contributed by atoms with Crippen molar-refractivity contribution >= 4 is 15.9 Å². The Labute approximate surface area is 109 Å². The van der Waals surface area contributed by atoms with E-state index < -0.39 is 0 Å². The van der Waals surface area contributed by atoms with Crippen LogP contribution in [0.1, 0.15) is 11.1 Å². The predicted octanol–water partition coefficient (Wildman–Crippen LogP) is 4.04. The number of ether oxygens (including phenoxy) is 1. The molecule has 3 heteroatoms. The van der Waals surface area contributed by atoms with Gasteiger partial charge in [0.05, 0.1) is 6.61 Å². The Morgan fingerprint density at radius 3 is 2.29 bits per heavy atom. The second-order valence-corrected chi connectivity index (χ2v) is 4.67. The van der Waals surface area contributed by atoms with Gasteiger partial charge in [0.15, 0.2) is 0 Å². The normalized spacial score (nSPS) is 10.3. The van der Waals surface area contributed by atoms with Crippen LogP contribution >= 0.6 is 15.9 Å². The lowest BCUT2D eigenvalue weighted by atomic mass is 10.2. The number of rotatable bonds is 3. The maximum atomic E-state index is 8.94. The van der Waals surface area contributed by atoms with Crippen LogP contribution in [0, 0.1) is 6.92 Å². The highest BCUT2D eigenvalue weighted by molar-refractivity contribution is 9.10. The lowest BCUT2D eigenvalue weighted by Gasteiger charge is -2.07. The third kappa shape index (κ3) is 3.08. The Morgan fingerprint density at radius 2 is 1.71 bits per heavy atom. The summed E-state index contributed by atoms with van der Waals surface area (Å²) in [6.07, 6.45) is 0. The molecule has 17 heavy (non-hydrogen) atoms. The molecule has 0 fully saturated rings. The minimum absolute atomic E-state index is 0.0532. The highest BCUT2D eigenvalue weighted by Crippen LogP contribution is 2.26. The van der Waals surface area contributed by atoms with E-state index in [0.717, 1.165) is 27.1 Å². The van der Waals surface area contributed by atoms with Crippen LogP contribution in [-0.4, -0.2) is 5.11 Å². The average Bonchev–Trinajstić information content (AvgIpc) is 2.35. The molecular formula is C14H13BrO2. The topological polar surface area (TPSA) is 29.5 Å². The van der Waals surface area contributed by atoms with Crippen molar-refractivity contribution in [2.24, 2.45) is 0 Å². The van der Waals surface area contributed by atoms with Crippen molar-refractivity contribution < 1.29 is 9.84 Å². The van der Waals surface area contributed by atoms with E-state index in [0.29, 0.717) is 0 Å². The van der Waals surface area contributed by atoms with Gasteiger partial charge < -0.3 is 9.84 Å². The van der Waals surface area contributed by atoms with Crippen LogP contribution in [0.15, 0.2) is 46.9 Å². The lowest BCUT2D eigenvalue weighted by molar-refractivity contribution is 0.281. The van der Waals surface area contributed by atoms with E-state index in [9.17, 15) is 0 Å². The van der Waals surface area contributed by atoms with Crippen molar-refractivity contribution in [3.63, 3.8) is 0 Å². The van der Waals surface area contributed by atoms with E-state index in [4.69, 9.17) is 9.84 Å². The summed E-state index contributed by atoms with van der Waals surface area (Å²) in [5, 5.41) is 8.94. The quantitative estimate of drug-likeness (QED) is 0.925. The fourth-order valence-corrected chi connectivity index (χ4v) is 1.73. The largest absolute Gasteiger partial charge is 0.457 e. The Kier molecular flexibility index (Phi) is 3.82. The molecule has 0 aliphatic heterocycles. The zero-order chi connectivity index (χ0) is 12.3. The number of halogens is 1. The van der Waals surface area contributed by atoms with Crippen molar-refractivity contribution in [2.45, 2.75) is 13.5 Å². The third-order valence-electron chi connectivity index (χ3n) is 2.47. The molecule has 0 aliphatic rings. The summed E-state index contributed by atoms with van der Waals surface area (Å²) in [4.78, 5) is 0. The molecule has 88 valence electrons. The van der Waals surface area contributed by atoms with Gasteiger partial charge in [-0.2, -0.15) is 0 Å². The number of aliphatic hydroxyl groups is 1. The molecule has 0 radical (unpaired) electrons. The van der Waals surface area contributed by atoms with Crippen molar-refractivity contribution in [3.8, 4) is 11.5 Å². The second-order valence-electron chi connectivity index (χ2n) is 3.82. The molecule has 0 aliphatic carbocycles. The molecule has 0 amide bonds. The number of aryl methyl sites for hydroxylation is 1. The molecule has 1 N–H and O–H groups in total. The van der Waals surface area contributed by atoms with Gasteiger partial charge >= 0.3 is 0 Å². The smallest absolute Gasteiger partial charge is 0.127 e. The fraction of sp³-hybridized carbons (Fsp3) is 0.143. The Balaban J connectivity index is 2.16. The summed E-state index contributed by atoms with van der Waals surface area (Å²) in [5.74, 6) is 1.58. The summed E-state index contributed by atoms with van der Waals surface area (Å²) in [5.41, 5.74) is 2.01. The lowest BCUT2D eigenvalue weighted by Crippen LogP contribution is -1.87. The van der Waals surface area contributed by atoms with Gasteiger partial charge in [-0.15, -0.1) is 0 Å². The van der Waals surface area contributed by atoms with Gasteiger partial charge in [0.2, 0.25) is 0 Å². The predicted molar refractivity (Wildman–Crippen MR) is 71.3 cm³/mol. The van der Waals surface area contributed by atoms with Crippen molar-refractivity contribution in [2.75, 3.05) is 0 Å². The van der Waals surface area contributed by atoms with E-state index in [-0.39, 0.29) is 6.61 Å². The summed E-state index contributed by atoms with van der Waals surface area (Å²) in [6.45, 7) is 2.07. The molecule has 0 saturated carbocycles. The molecule has 2 nitrogen and oxygen atoms in total. The van der Waals surface area contributed by atoms with Crippen LogP contribution in [0.25, 0.3) is 0 Å². The summed E-state index contributed by atoms with van der Waals surface area (Å²) in [7, 11) is 0. The van der Waals surface area contributed by atoms with Gasteiger partial charge in [-0.25, -0.2) is 0 Å². The van der Waals surface area contributed by atoms with Crippen LogP contribution in [0.4, 0.5) is 0 Å². The highest BCUT2D eigenvalue weighted by atomic mass is 79.9. The Morgan fingerprint density at radius 1 is 1.06 bits per heavy atom. The van der Waals surface area contributed by atoms with E-state index in [1.54, 1.807) is 0 Å². The molecule has 0 unspecified atom stereocenters.